The summed E-state index contributed by atoms with van der Waals surface area (Å²) >= 11 is 2.99. The minimum absolute atomic E-state index is 0.0128. The number of hydrogen-bond donors (Lipinski definition) is 2. The molecule has 0 saturated carbocycles. The van der Waals surface area contributed by atoms with E-state index in [0.29, 0.717) is 5.69 Å². The molecule has 0 aliphatic rings. The molecule has 4 nitrogen and oxygen atoms in total. The lowest BCUT2D eigenvalue weighted by atomic mass is 10.2. The van der Waals surface area contributed by atoms with E-state index in [1.807, 2.05) is 43.5 Å². The molecular formula is C15H18N2O2S2. The van der Waals surface area contributed by atoms with Gasteiger partial charge >= 0.3 is 0 Å². The van der Waals surface area contributed by atoms with Crippen LogP contribution >= 0.6 is 23.1 Å². The predicted molar refractivity (Wildman–Crippen MR) is 88.9 cm³/mol. The van der Waals surface area contributed by atoms with Crippen LogP contribution in [0.1, 0.15) is 17.4 Å². The average molecular weight is 322 g/mol. The van der Waals surface area contributed by atoms with Crippen molar-refractivity contribution in [3.05, 3.63) is 41.4 Å². The van der Waals surface area contributed by atoms with Crippen LogP contribution in [-0.2, 0) is 0 Å². The fraction of sp³-hybridized carbons (Fsp3) is 0.333. The number of thioether (sulfide) groups is 1. The highest BCUT2D eigenvalue weighted by molar-refractivity contribution is 7.99. The van der Waals surface area contributed by atoms with Gasteiger partial charge in [-0.25, -0.2) is 4.98 Å². The highest BCUT2D eigenvalue weighted by atomic mass is 32.2. The molecule has 21 heavy (non-hydrogen) atoms. The highest BCUT2D eigenvalue weighted by Gasteiger charge is 2.19. The van der Waals surface area contributed by atoms with E-state index in [0.717, 1.165) is 10.6 Å². The maximum Gasteiger partial charge on any atom is 0.271 e. The molecule has 2 unspecified atom stereocenters. The number of carbonyl (C=O) groups is 1. The second-order valence-corrected chi connectivity index (χ2v) is 6.56. The Labute approximate surface area is 132 Å². The fourth-order valence-corrected chi connectivity index (χ4v) is 3.33. The van der Waals surface area contributed by atoms with Gasteiger partial charge in [-0.2, -0.15) is 11.8 Å². The Hall–Kier alpha value is -1.37. The third-order valence-electron chi connectivity index (χ3n) is 3.16. The van der Waals surface area contributed by atoms with Gasteiger partial charge in [-0.15, -0.1) is 11.3 Å². The molecule has 2 aromatic rings. The number of amides is 1. The van der Waals surface area contributed by atoms with Crippen molar-refractivity contribution < 1.29 is 9.90 Å². The van der Waals surface area contributed by atoms with Gasteiger partial charge in [-0.1, -0.05) is 30.3 Å². The van der Waals surface area contributed by atoms with Crippen molar-refractivity contribution in [2.75, 3.05) is 12.9 Å². The highest BCUT2D eigenvalue weighted by Crippen LogP contribution is 2.23. The van der Waals surface area contributed by atoms with Crippen LogP contribution in [0.5, 0.6) is 0 Å². The molecule has 0 radical (unpaired) electrons. The fourth-order valence-electron chi connectivity index (χ4n) is 1.90. The van der Waals surface area contributed by atoms with Gasteiger partial charge in [-0.05, 0) is 13.2 Å². The molecule has 2 N–H and O–H groups in total. The molecule has 0 saturated heterocycles. The first-order valence-corrected chi connectivity index (χ1v) is 8.78. The molecule has 1 amide bonds. The second kappa shape index (κ2) is 7.59. The van der Waals surface area contributed by atoms with E-state index in [1.165, 1.54) is 23.1 Å². The molecule has 6 heteroatoms. The quantitative estimate of drug-likeness (QED) is 0.858. The molecule has 0 spiro atoms. The Bertz CT molecular complexity index is 582. The van der Waals surface area contributed by atoms with Crippen LogP contribution in [0.3, 0.4) is 0 Å². The third-order valence-corrected chi connectivity index (χ3v) is 5.21. The zero-order valence-electron chi connectivity index (χ0n) is 11.9. The summed E-state index contributed by atoms with van der Waals surface area (Å²) < 4.78 is 0. The Morgan fingerprint density at radius 1 is 1.43 bits per heavy atom. The molecule has 1 heterocycles. The van der Waals surface area contributed by atoms with E-state index in [-0.39, 0.29) is 23.8 Å². The molecule has 0 aliphatic carbocycles. The Morgan fingerprint density at radius 2 is 2.14 bits per heavy atom. The van der Waals surface area contributed by atoms with E-state index in [9.17, 15) is 9.90 Å². The SMILES string of the molecule is CSC(CO)C(C)NC(=O)c1csc(-c2ccccc2)n1. The van der Waals surface area contributed by atoms with E-state index < -0.39 is 0 Å². The first kappa shape index (κ1) is 16.0. The van der Waals surface area contributed by atoms with Crippen LogP contribution in [0.25, 0.3) is 10.6 Å². The Kier molecular flexibility index (Phi) is 5.78. The van der Waals surface area contributed by atoms with Gasteiger partial charge in [0, 0.05) is 22.2 Å². The number of nitrogens with zero attached hydrogens (tertiary/aromatic N) is 1. The van der Waals surface area contributed by atoms with Crippen LogP contribution in [0, 0.1) is 0 Å². The van der Waals surface area contributed by atoms with E-state index in [1.54, 1.807) is 5.38 Å². The largest absolute Gasteiger partial charge is 0.395 e. The summed E-state index contributed by atoms with van der Waals surface area (Å²) in [6.07, 6.45) is 1.92. The lowest BCUT2D eigenvalue weighted by Crippen LogP contribution is -2.41. The summed E-state index contributed by atoms with van der Waals surface area (Å²) in [5.74, 6) is -0.201. The van der Waals surface area contributed by atoms with Gasteiger partial charge in [0.2, 0.25) is 0 Å². The summed E-state index contributed by atoms with van der Waals surface area (Å²) in [6.45, 7) is 1.93. The van der Waals surface area contributed by atoms with Crippen LogP contribution in [0.15, 0.2) is 35.7 Å². The van der Waals surface area contributed by atoms with Crippen molar-refractivity contribution in [2.24, 2.45) is 0 Å². The summed E-state index contributed by atoms with van der Waals surface area (Å²) in [4.78, 5) is 16.6. The standard InChI is InChI=1S/C15H18N2O2S2/c1-10(13(8-18)20-2)16-14(19)12-9-21-15(17-12)11-6-4-3-5-7-11/h3-7,9-10,13,18H,8H2,1-2H3,(H,16,19). The number of hydrogen-bond acceptors (Lipinski definition) is 5. The molecule has 2 atom stereocenters. The number of thiazole rings is 1. The third kappa shape index (κ3) is 4.06. The minimum Gasteiger partial charge on any atom is -0.395 e. The number of benzene rings is 1. The number of aliphatic hydroxyl groups is 1. The van der Waals surface area contributed by atoms with Gasteiger partial charge < -0.3 is 10.4 Å². The van der Waals surface area contributed by atoms with Crippen LogP contribution in [0.2, 0.25) is 0 Å². The second-order valence-electron chi connectivity index (χ2n) is 4.62. The molecule has 0 fully saturated rings. The monoisotopic (exact) mass is 322 g/mol. The van der Waals surface area contributed by atoms with E-state index >= 15 is 0 Å². The number of aliphatic hydroxyl groups excluding tert-OH is 1. The Morgan fingerprint density at radius 3 is 2.76 bits per heavy atom. The van der Waals surface area contributed by atoms with Crippen molar-refractivity contribution >= 4 is 29.0 Å². The summed E-state index contributed by atoms with van der Waals surface area (Å²) in [5, 5.41) is 14.7. The molecule has 2 rings (SSSR count). The number of carbonyl (C=O) groups excluding carboxylic acids is 1. The smallest absolute Gasteiger partial charge is 0.271 e. The topological polar surface area (TPSA) is 62.2 Å². The average Bonchev–Trinajstić information content (AvgIpc) is 2.99. The summed E-state index contributed by atoms with van der Waals surface area (Å²) in [7, 11) is 0. The van der Waals surface area contributed by atoms with Gasteiger partial charge in [0.1, 0.15) is 10.7 Å². The predicted octanol–water partition coefficient (Wildman–Crippen LogP) is 2.65. The van der Waals surface area contributed by atoms with E-state index in [4.69, 9.17) is 0 Å². The molecule has 112 valence electrons. The lowest BCUT2D eigenvalue weighted by molar-refractivity contribution is 0.0931. The number of nitrogens with one attached hydrogen (secondary N) is 1. The maximum atomic E-state index is 12.2. The number of rotatable bonds is 6. The van der Waals surface area contributed by atoms with Gasteiger partial charge in [-0.3, -0.25) is 4.79 Å². The lowest BCUT2D eigenvalue weighted by Gasteiger charge is -2.20. The van der Waals surface area contributed by atoms with Crippen molar-refractivity contribution in [1.29, 1.82) is 0 Å². The van der Waals surface area contributed by atoms with Crippen LogP contribution in [-0.4, -0.2) is 40.2 Å². The van der Waals surface area contributed by atoms with Gasteiger partial charge in [0.25, 0.3) is 5.91 Å². The van der Waals surface area contributed by atoms with Crippen LogP contribution < -0.4 is 5.32 Å². The summed E-state index contributed by atoms with van der Waals surface area (Å²) in [6, 6.07) is 9.67. The first-order valence-electron chi connectivity index (χ1n) is 6.61. The zero-order valence-corrected chi connectivity index (χ0v) is 13.6. The maximum absolute atomic E-state index is 12.2. The van der Waals surface area contributed by atoms with Crippen molar-refractivity contribution in [2.45, 2.75) is 18.2 Å². The molecule has 1 aromatic carbocycles. The Balaban J connectivity index is 2.06. The first-order chi connectivity index (χ1) is 10.2. The molecular weight excluding hydrogens is 304 g/mol. The summed E-state index contributed by atoms with van der Waals surface area (Å²) in [5.41, 5.74) is 1.43. The minimum atomic E-state index is -0.201. The number of aromatic nitrogens is 1. The molecule has 0 aliphatic heterocycles. The van der Waals surface area contributed by atoms with Crippen molar-refractivity contribution in [3.8, 4) is 10.6 Å². The molecule has 1 aromatic heterocycles. The van der Waals surface area contributed by atoms with E-state index in [2.05, 4.69) is 10.3 Å². The normalized spacial score (nSPS) is 13.7. The van der Waals surface area contributed by atoms with Gasteiger partial charge in [0.05, 0.1) is 6.61 Å². The molecule has 0 bridgehead atoms. The zero-order chi connectivity index (χ0) is 15.2. The van der Waals surface area contributed by atoms with Crippen LogP contribution in [0.4, 0.5) is 0 Å². The van der Waals surface area contributed by atoms with Crippen molar-refractivity contribution in [1.82, 2.24) is 10.3 Å². The van der Waals surface area contributed by atoms with Crippen molar-refractivity contribution in [3.63, 3.8) is 0 Å². The van der Waals surface area contributed by atoms with Gasteiger partial charge in [0.15, 0.2) is 0 Å².